The molecule has 2 aromatic carbocycles. The molecule has 3 heteroatoms. The van der Waals surface area contributed by atoms with E-state index in [1.165, 1.54) is 0 Å². The number of rotatable bonds is 3. The van der Waals surface area contributed by atoms with Crippen molar-refractivity contribution < 1.29 is 9.84 Å². The van der Waals surface area contributed by atoms with Gasteiger partial charge in [-0.25, -0.2) is 0 Å². The van der Waals surface area contributed by atoms with Crippen LogP contribution in [0.3, 0.4) is 0 Å². The lowest BCUT2D eigenvalue weighted by molar-refractivity contribution is 0.199. The van der Waals surface area contributed by atoms with Crippen molar-refractivity contribution in [3.05, 3.63) is 58.6 Å². The maximum atomic E-state index is 9.43. The average Bonchev–Trinajstić information content (AvgIpc) is 2.34. The quantitative estimate of drug-likeness (QED) is 0.883. The summed E-state index contributed by atoms with van der Waals surface area (Å²) in [5, 5.41) is 10.1. The van der Waals surface area contributed by atoms with Gasteiger partial charge in [0.05, 0.1) is 6.10 Å². The molecule has 0 fully saturated rings. The Hall–Kier alpha value is -1.51. The fourth-order valence-corrected chi connectivity index (χ4v) is 1.79. The summed E-state index contributed by atoms with van der Waals surface area (Å²) in [5.74, 6) is 1.47. The van der Waals surface area contributed by atoms with E-state index in [1.54, 1.807) is 13.0 Å². The van der Waals surface area contributed by atoms with E-state index >= 15 is 0 Å². The minimum atomic E-state index is -0.466. The number of ether oxygens (including phenoxy) is 1. The van der Waals surface area contributed by atoms with Gasteiger partial charge in [-0.2, -0.15) is 0 Å². The predicted molar refractivity (Wildman–Crippen MR) is 73.3 cm³/mol. The van der Waals surface area contributed by atoms with Crippen LogP contribution in [-0.2, 0) is 0 Å². The molecular weight excluding hydrogens is 248 g/mol. The third kappa shape index (κ3) is 3.03. The van der Waals surface area contributed by atoms with Gasteiger partial charge in [-0.1, -0.05) is 29.8 Å². The van der Waals surface area contributed by atoms with E-state index in [0.29, 0.717) is 5.02 Å². The van der Waals surface area contributed by atoms with E-state index in [-0.39, 0.29) is 0 Å². The first-order valence-corrected chi connectivity index (χ1v) is 6.16. The summed E-state index contributed by atoms with van der Waals surface area (Å²) in [7, 11) is 0. The molecule has 0 saturated carbocycles. The van der Waals surface area contributed by atoms with Gasteiger partial charge in [0.15, 0.2) is 0 Å². The van der Waals surface area contributed by atoms with Crippen molar-refractivity contribution in [1.82, 2.24) is 0 Å². The Morgan fingerprint density at radius 2 is 1.78 bits per heavy atom. The van der Waals surface area contributed by atoms with Crippen LogP contribution < -0.4 is 4.74 Å². The number of hydrogen-bond donors (Lipinski definition) is 1. The zero-order valence-corrected chi connectivity index (χ0v) is 11.1. The van der Waals surface area contributed by atoms with Crippen molar-refractivity contribution in [3.8, 4) is 11.5 Å². The molecule has 0 heterocycles. The number of aliphatic hydroxyl groups excluding tert-OH is 1. The number of halogens is 1. The first-order valence-electron chi connectivity index (χ1n) is 5.78. The standard InChI is InChI=1S/C15H15ClO2/c1-10-3-6-13(16)9-15(10)18-14-7-4-12(5-8-14)11(2)17/h3-9,11,17H,1-2H3/t11-/m0/s1. The van der Waals surface area contributed by atoms with Crippen LogP contribution in [-0.4, -0.2) is 5.11 Å². The highest BCUT2D eigenvalue weighted by Crippen LogP contribution is 2.28. The van der Waals surface area contributed by atoms with E-state index in [0.717, 1.165) is 22.6 Å². The molecule has 94 valence electrons. The average molecular weight is 263 g/mol. The number of aliphatic hydroxyl groups is 1. The third-order valence-corrected chi connectivity index (χ3v) is 2.98. The van der Waals surface area contributed by atoms with Crippen LogP contribution in [0.15, 0.2) is 42.5 Å². The molecule has 0 saturated heterocycles. The zero-order chi connectivity index (χ0) is 13.1. The van der Waals surface area contributed by atoms with E-state index in [2.05, 4.69) is 0 Å². The molecule has 0 unspecified atom stereocenters. The van der Waals surface area contributed by atoms with Crippen LogP contribution in [0.1, 0.15) is 24.2 Å². The molecule has 2 nitrogen and oxygen atoms in total. The zero-order valence-electron chi connectivity index (χ0n) is 10.4. The second-order valence-corrected chi connectivity index (χ2v) is 4.69. The topological polar surface area (TPSA) is 29.5 Å². The van der Waals surface area contributed by atoms with Gasteiger partial charge in [0, 0.05) is 5.02 Å². The minimum absolute atomic E-state index is 0.466. The molecule has 0 aliphatic rings. The second-order valence-electron chi connectivity index (χ2n) is 4.26. The van der Waals surface area contributed by atoms with E-state index in [4.69, 9.17) is 16.3 Å². The molecule has 0 spiro atoms. The molecular formula is C15H15ClO2. The van der Waals surface area contributed by atoms with Crippen LogP contribution in [0.25, 0.3) is 0 Å². The summed E-state index contributed by atoms with van der Waals surface area (Å²) in [6.45, 7) is 3.70. The van der Waals surface area contributed by atoms with Crippen LogP contribution >= 0.6 is 11.6 Å². The van der Waals surface area contributed by atoms with Gasteiger partial charge >= 0.3 is 0 Å². The Morgan fingerprint density at radius 3 is 2.39 bits per heavy atom. The van der Waals surface area contributed by atoms with Crippen molar-refractivity contribution in [2.24, 2.45) is 0 Å². The van der Waals surface area contributed by atoms with E-state index < -0.39 is 6.10 Å². The summed E-state index contributed by atoms with van der Waals surface area (Å²) < 4.78 is 5.76. The molecule has 0 amide bonds. The third-order valence-electron chi connectivity index (χ3n) is 2.74. The summed E-state index contributed by atoms with van der Waals surface area (Å²) in [6.07, 6.45) is -0.466. The molecule has 0 aliphatic carbocycles. The molecule has 0 bridgehead atoms. The lowest BCUT2D eigenvalue weighted by Gasteiger charge is -2.10. The van der Waals surface area contributed by atoms with E-state index in [1.807, 2.05) is 43.3 Å². The van der Waals surface area contributed by atoms with Crippen molar-refractivity contribution in [2.75, 3.05) is 0 Å². The van der Waals surface area contributed by atoms with Crippen LogP contribution in [0.5, 0.6) is 11.5 Å². The summed E-state index contributed by atoms with van der Waals surface area (Å²) >= 11 is 5.94. The van der Waals surface area contributed by atoms with Crippen molar-refractivity contribution >= 4 is 11.6 Å². The highest BCUT2D eigenvalue weighted by Gasteiger charge is 2.04. The SMILES string of the molecule is Cc1ccc(Cl)cc1Oc1ccc([C@H](C)O)cc1. The Kier molecular flexibility index (Phi) is 3.90. The van der Waals surface area contributed by atoms with Gasteiger partial charge in [-0.15, -0.1) is 0 Å². The Labute approximate surface area is 112 Å². The largest absolute Gasteiger partial charge is 0.457 e. The van der Waals surface area contributed by atoms with Gasteiger partial charge in [0.1, 0.15) is 11.5 Å². The smallest absolute Gasteiger partial charge is 0.131 e. The van der Waals surface area contributed by atoms with Crippen molar-refractivity contribution in [3.63, 3.8) is 0 Å². The fourth-order valence-electron chi connectivity index (χ4n) is 1.63. The molecule has 1 atom stereocenters. The Morgan fingerprint density at radius 1 is 1.11 bits per heavy atom. The lowest BCUT2D eigenvalue weighted by atomic mass is 10.1. The van der Waals surface area contributed by atoms with Crippen molar-refractivity contribution in [1.29, 1.82) is 0 Å². The minimum Gasteiger partial charge on any atom is -0.457 e. The fraction of sp³-hybridized carbons (Fsp3) is 0.200. The van der Waals surface area contributed by atoms with E-state index in [9.17, 15) is 5.11 Å². The Bertz CT molecular complexity index is 533. The molecule has 0 radical (unpaired) electrons. The normalized spacial score (nSPS) is 12.2. The maximum absolute atomic E-state index is 9.43. The number of aryl methyl sites for hydroxylation is 1. The molecule has 1 N–H and O–H groups in total. The Balaban J connectivity index is 2.21. The van der Waals surface area contributed by atoms with Gasteiger partial charge < -0.3 is 9.84 Å². The van der Waals surface area contributed by atoms with Gasteiger partial charge in [0.2, 0.25) is 0 Å². The highest BCUT2D eigenvalue weighted by atomic mass is 35.5. The van der Waals surface area contributed by atoms with Crippen LogP contribution in [0.4, 0.5) is 0 Å². The molecule has 0 aliphatic heterocycles. The van der Waals surface area contributed by atoms with Gasteiger partial charge in [-0.05, 0) is 49.2 Å². The predicted octanol–water partition coefficient (Wildman–Crippen LogP) is 4.49. The molecule has 2 aromatic rings. The monoisotopic (exact) mass is 262 g/mol. The van der Waals surface area contributed by atoms with Crippen LogP contribution in [0, 0.1) is 6.92 Å². The lowest BCUT2D eigenvalue weighted by Crippen LogP contribution is -1.91. The second kappa shape index (κ2) is 5.42. The van der Waals surface area contributed by atoms with Crippen LogP contribution in [0.2, 0.25) is 5.02 Å². The summed E-state index contributed by atoms with van der Waals surface area (Å²) in [6, 6.07) is 12.9. The molecule has 0 aromatic heterocycles. The van der Waals surface area contributed by atoms with Gasteiger partial charge in [0.25, 0.3) is 0 Å². The summed E-state index contributed by atoms with van der Waals surface area (Å²) in [5.41, 5.74) is 1.89. The number of hydrogen-bond acceptors (Lipinski definition) is 2. The molecule has 18 heavy (non-hydrogen) atoms. The van der Waals surface area contributed by atoms with Crippen molar-refractivity contribution in [2.45, 2.75) is 20.0 Å². The molecule has 2 rings (SSSR count). The highest BCUT2D eigenvalue weighted by molar-refractivity contribution is 6.30. The number of benzene rings is 2. The maximum Gasteiger partial charge on any atom is 0.131 e. The first-order chi connectivity index (χ1) is 8.56. The van der Waals surface area contributed by atoms with Gasteiger partial charge in [-0.3, -0.25) is 0 Å². The summed E-state index contributed by atoms with van der Waals surface area (Å²) in [4.78, 5) is 0. The first kappa shape index (κ1) is 12.9.